The number of likely N-dealkylation sites (tertiary alicyclic amines) is 1. The standard InChI is InChI=1S/C9H12N4O4/c14-8(15)6-2-1-3-13(6)9(16)10-4-7-11-5-17-12-7/h5-6H,1-4H2,(H,10,16)(H,14,15)/t6-/m0/s1. The fourth-order valence-electron chi connectivity index (χ4n) is 1.79. The lowest BCUT2D eigenvalue weighted by Crippen LogP contribution is -2.45. The third-order valence-corrected chi connectivity index (χ3v) is 2.60. The summed E-state index contributed by atoms with van der Waals surface area (Å²) in [5.74, 6) is -0.623. The number of carboxylic acid groups (broad SMARTS) is 1. The highest BCUT2D eigenvalue weighted by Crippen LogP contribution is 2.17. The van der Waals surface area contributed by atoms with Crippen molar-refractivity contribution in [3.05, 3.63) is 12.2 Å². The number of hydrogen-bond donors (Lipinski definition) is 2. The van der Waals surface area contributed by atoms with Gasteiger partial charge in [-0.25, -0.2) is 9.59 Å². The van der Waals surface area contributed by atoms with E-state index in [1.165, 1.54) is 4.90 Å². The molecule has 0 radical (unpaired) electrons. The van der Waals surface area contributed by atoms with E-state index in [1.807, 2.05) is 0 Å². The van der Waals surface area contributed by atoms with E-state index in [2.05, 4.69) is 20.0 Å². The van der Waals surface area contributed by atoms with Gasteiger partial charge in [0.1, 0.15) is 6.04 Å². The molecule has 1 fully saturated rings. The molecule has 1 aliphatic rings. The van der Waals surface area contributed by atoms with E-state index >= 15 is 0 Å². The van der Waals surface area contributed by atoms with Crippen LogP contribution in [0.1, 0.15) is 18.7 Å². The van der Waals surface area contributed by atoms with Crippen LogP contribution in [0.3, 0.4) is 0 Å². The van der Waals surface area contributed by atoms with Crippen molar-refractivity contribution in [3.8, 4) is 0 Å². The zero-order chi connectivity index (χ0) is 12.3. The van der Waals surface area contributed by atoms with E-state index in [1.54, 1.807) is 0 Å². The van der Waals surface area contributed by atoms with Crippen LogP contribution in [0.15, 0.2) is 10.9 Å². The SMILES string of the molecule is O=C(O)[C@@H]1CCCN1C(=O)NCc1ncon1. The minimum absolute atomic E-state index is 0.123. The molecule has 2 N–H and O–H groups in total. The molecule has 2 amide bonds. The van der Waals surface area contributed by atoms with Crippen LogP contribution >= 0.6 is 0 Å². The van der Waals surface area contributed by atoms with Crippen LogP contribution in [-0.2, 0) is 11.3 Å². The molecular formula is C9H12N4O4. The number of aliphatic carboxylic acids is 1. The summed E-state index contributed by atoms with van der Waals surface area (Å²) in [6, 6.07) is -1.15. The first-order chi connectivity index (χ1) is 8.18. The molecule has 0 bridgehead atoms. The number of carbonyl (C=O) groups excluding carboxylic acids is 1. The van der Waals surface area contributed by atoms with Gasteiger partial charge in [-0.2, -0.15) is 4.98 Å². The highest BCUT2D eigenvalue weighted by molar-refractivity contribution is 5.83. The number of carboxylic acids is 1. The van der Waals surface area contributed by atoms with Crippen molar-refractivity contribution in [3.63, 3.8) is 0 Å². The van der Waals surface area contributed by atoms with Gasteiger partial charge >= 0.3 is 12.0 Å². The van der Waals surface area contributed by atoms with Gasteiger partial charge in [0.2, 0.25) is 6.39 Å². The molecule has 0 unspecified atom stereocenters. The molecule has 0 saturated carbocycles. The summed E-state index contributed by atoms with van der Waals surface area (Å²) < 4.78 is 4.51. The van der Waals surface area contributed by atoms with E-state index in [9.17, 15) is 9.59 Å². The van der Waals surface area contributed by atoms with Gasteiger partial charge in [0.05, 0.1) is 6.54 Å². The minimum Gasteiger partial charge on any atom is -0.480 e. The molecule has 1 aromatic rings. The first-order valence-corrected chi connectivity index (χ1v) is 5.21. The maximum atomic E-state index is 11.7. The number of aromatic nitrogens is 2. The first-order valence-electron chi connectivity index (χ1n) is 5.21. The quantitative estimate of drug-likeness (QED) is 0.759. The smallest absolute Gasteiger partial charge is 0.326 e. The van der Waals surface area contributed by atoms with Crippen molar-refractivity contribution < 1.29 is 19.2 Å². The largest absolute Gasteiger partial charge is 0.480 e. The molecule has 1 aliphatic heterocycles. The Morgan fingerprint density at radius 1 is 1.65 bits per heavy atom. The highest BCUT2D eigenvalue weighted by Gasteiger charge is 2.33. The van der Waals surface area contributed by atoms with Crippen molar-refractivity contribution in [1.29, 1.82) is 0 Å². The fraction of sp³-hybridized carbons (Fsp3) is 0.556. The van der Waals surface area contributed by atoms with Crippen molar-refractivity contribution in [2.75, 3.05) is 6.54 Å². The zero-order valence-corrected chi connectivity index (χ0v) is 9.00. The van der Waals surface area contributed by atoms with Gasteiger partial charge in [0.25, 0.3) is 0 Å². The average Bonchev–Trinajstić information content (AvgIpc) is 2.96. The molecule has 17 heavy (non-hydrogen) atoms. The molecule has 92 valence electrons. The Bertz CT molecular complexity index is 405. The Labute approximate surface area is 96.6 Å². The van der Waals surface area contributed by atoms with Crippen LogP contribution in [0.25, 0.3) is 0 Å². The Morgan fingerprint density at radius 2 is 2.47 bits per heavy atom. The highest BCUT2D eigenvalue weighted by atomic mass is 16.5. The summed E-state index contributed by atoms with van der Waals surface area (Å²) in [5.41, 5.74) is 0. The zero-order valence-electron chi connectivity index (χ0n) is 9.00. The lowest BCUT2D eigenvalue weighted by molar-refractivity contribution is -0.141. The topological polar surface area (TPSA) is 109 Å². The maximum absolute atomic E-state index is 11.7. The van der Waals surface area contributed by atoms with Crippen molar-refractivity contribution in [1.82, 2.24) is 20.4 Å². The van der Waals surface area contributed by atoms with Crippen LogP contribution in [0.5, 0.6) is 0 Å². The van der Waals surface area contributed by atoms with Gasteiger partial charge in [0.15, 0.2) is 5.82 Å². The van der Waals surface area contributed by atoms with E-state index in [0.29, 0.717) is 25.2 Å². The summed E-state index contributed by atoms with van der Waals surface area (Å²) in [4.78, 5) is 27.7. The minimum atomic E-state index is -0.975. The molecule has 0 aliphatic carbocycles. The lowest BCUT2D eigenvalue weighted by atomic mass is 10.2. The van der Waals surface area contributed by atoms with Crippen molar-refractivity contribution in [2.24, 2.45) is 0 Å². The van der Waals surface area contributed by atoms with E-state index in [4.69, 9.17) is 5.11 Å². The second-order valence-electron chi connectivity index (χ2n) is 3.70. The Morgan fingerprint density at radius 3 is 3.12 bits per heavy atom. The molecule has 0 spiro atoms. The molecule has 8 nitrogen and oxygen atoms in total. The fourth-order valence-corrected chi connectivity index (χ4v) is 1.79. The molecule has 8 heteroatoms. The van der Waals surface area contributed by atoms with Crippen LogP contribution in [0, 0.1) is 0 Å². The summed E-state index contributed by atoms with van der Waals surface area (Å²) >= 11 is 0. The van der Waals surface area contributed by atoms with E-state index < -0.39 is 18.0 Å². The molecular weight excluding hydrogens is 228 g/mol. The predicted molar refractivity (Wildman–Crippen MR) is 53.9 cm³/mol. The molecule has 1 saturated heterocycles. The molecule has 2 heterocycles. The van der Waals surface area contributed by atoms with Crippen molar-refractivity contribution in [2.45, 2.75) is 25.4 Å². The second-order valence-corrected chi connectivity index (χ2v) is 3.70. The molecule has 1 atom stereocenters. The number of rotatable bonds is 3. The van der Waals surface area contributed by atoms with E-state index in [0.717, 1.165) is 6.39 Å². The van der Waals surface area contributed by atoms with E-state index in [-0.39, 0.29) is 6.54 Å². The number of carbonyl (C=O) groups is 2. The van der Waals surface area contributed by atoms with Gasteiger partial charge in [-0.1, -0.05) is 5.16 Å². The summed E-state index contributed by atoms with van der Waals surface area (Å²) in [5, 5.41) is 15.0. The third-order valence-electron chi connectivity index (χ3n) is 2.60. The number of nitrogens with zero attached hydrogens (tertiary/aromatic N) is 3. The average molecular weight is 240 g/mol. The van der Waals surface area contributed by atoms with Crippen LogP contribution in [0.2, 0.25) is 0 Å². The maximum Gasteiger partial charge on any atom is 0.326 e. The number of amides is 2. The summed E-state index contributed by atoms with van der Waals surface area (Å²) in [6.45, 7) is 0.577. The molecule has 1 aromatic heterocycles. The van der Waals surface area contributed by atoms with Gasteiger partial charge < -0.3 is 19.8 Å². The van der Waals surface area contributed by atoms with Gasteiger partial charge in [-0.15, -0.1) is 0 Å². The first kappa shape index (κ1) is 11.4. The molecule has 0 aromatic carbocycles. The number of nitrogens with one attached hydrogen (secondary N) is 1. The third kappa shape index (κ3) is 2.52. The predicted octanol–water partition coefficient (Wildman–Crippen LogP) is -0.172. The normalized spacial score (nSPS) is 19.3. The monoisotopic (exact) mass is 240 g/mol. The second kappa shape index (κ2) is 4.81. The van der Waals surface area contributed by atoms with Crippen LogP contribution in [-0.4, -0.2) is 44.7 Å². The van der Waals surface area contributed by atoms with Gasteiger partial charge in [-0.05, 0) is 12.8 Å². The summed E-state index contributed by atoms with van der Waals surface area (Å²) in [7, 11) is 0. The molecule has 2 rings (SSSR count). The van der Waals surface area contributed by atoms with Gasteiger partial charge in [-0.3, -0.25) is 0 Å². The number of hydrogen-bond acceptors (Lipinski definition) is 5. The Hall–Kier alpha value is -2.12. The Balaban J connectivity index is 1.89. The van der Waals surface area contributed by atoms with Gasteiger partial charge in [0, 0.05) is 6.54 Å². The Kier molecular flexibility index (Phi) is 3.22. The number of urea groups is 1. The van der Waals surface area contributed by atoms with Crippen molar-refractivity contribution >= 4 is 12.0 Å². The lowest BCUT2D eigenvalue weighted by Gasteiger charge is -2.21. The van der Waals surface area contributed by atoms with Crippen LogP contribution in [0.4, 0.5) is 4.79 Å². The summed E-state index contributed by atoms with van der Waals surface area (Å²) in [6.07, 6.45) is 2.36. The van der Waals surface area contributed by atoms with Crippen LogP contribution < -0.4 is 5.32 Å².